The van der Waals surface area contributed by atoms with Crippen LogP contribution < -0.4 is 0 Å². The van der Waals surface area contributed by atoms with E-state index in [4.69, 9.17) is 0 Å². The number of hydrogen-bond acceptors (Lipinski definition) is 2. The maximum atomic E-state index is 12.9. The number of hydrogen-bond donors (Lipinski definition) is 0. The Labute approximate surface area is 107 Å². The van der Waals surface area contributed by atoms with Crippen LogP contribution in [0, 0.1) is 5.82 Å². The summed E-state index contributed by atoms with van der Waals surface area (Å²) in [5, 5.41) is 0. The molecule has 2 rings (SSSR count). The fourth-order valence-electron chi connectivity index (χ4n) is 2.43. The van der Waals surface area contributed by atoms with E-state index in [-0.39, 0.29) is 17.5 Å². The molecule has 3 heteroatoms. The topological polar surface area (TPSA) is 20.3 Å². The lowest BCUT2D eigenvalue weighted by Crippen LogP contribution is -2.21. The number of benzene rings is 1. The molecule has 1 saturated carbocycles. The molecule has 0 radical (unpaired) electrons. The highest BCUT2D eigenvalue weighted by atomic mass is 19.1. The van der Waals surface area contributed by atoms with Gasteiger partial charge in [-0.25, -0.2) is 4.39 Å². The van der Waals surface area contributed by atoms with Crippen LogP contribution in [-0.4, -0.2) is 24.8 Å². The Balaban J connectivity index is 2.23. The van der Waals surface area contributed by atoms with Crippen LogP contribution in [0.4, 0.5) is 4.39 Å². The predicted octanol–water partition coefficient (Wildman–Crippen LogP) is 3.11. The quantitative estimate of drug-likeness (QED) is 0.748. The molecule has 0 N–H and O–H groups in total. The largest absolute Gasteiger partial charge is 0.383 e. The van der Waals surface area contributed by atoms with Crippen molar-refractivity contribution in [2.45, 2.75) is 25.2 Å². The molecule has 0 bridgehead atoms. The zero-order chi connectivity index (χ0) is 13.1. The van der Waals surface area contributed by atoms with Gasteiger partial charge in [-0.3, -0.25) is 4.79 Å². The Morgan fingerprint density at radius 1 is 1.28 bits per heavy atom. The minimum absolute atomic E-state index is 0.106. The zero-order valence-corrected chi connectivity index (χ0v) is 10.8. The Morgan fingerprint density at radius 3 is 2.56 bits per heavy atom. The van der Waals surface area contributed by atoms with Crippen LogP contribution in [0.25, 0.3) is 0 Å². The monoisotopic (exact) mass is 247 g/mol. The maximum Gasteiger partial charge on any atom is 0.167 e. The van der Waals surface area contributed by atoms with E-state index < -0.39 is 0 Å². The molecule has 96 valence electrons. The molecule has 0 aliphatic heterocycles. The molecule has 0 spiro atoms. The van der Waals surface area contributed by atoms with Crippen molar-refractivity contribution in [1.29, 1.82) is 0 Å². The van der Waals surface area contributed by atoms with Crippen LogP contribution >= 0.6 is 0 Å². The third kappa shape index (κ3) is 2.78. The van der Waals surface area contributed by atoms with Gasteiger partial charge in [-0.1, -0.05) is 12.1 Å². The summed E-state index contributed by atoms with van der Waals surface area (Å²) in [5.41, 5.74) is 1.80. The molecule has 0 amide bonds. The van der Waals surface area contributed by atoms with E-state index in [1.165, 1.54) is 12.1 Å². The average Bonchev–Trinajstić information content (AvgIpc) is 2.33. The van der Waals surface area contributed by atoms with Crippen LogP contribution in [0.15, 0.2) is 36.0 Å². The number of allylic oxidation sites excluding steroid dienone is 1. The van der Waals surface area contributed by atoms with Gasteiger partial charge in [0.2, 0.25) is 0 Å². The van der Waals surface area contributed by atoms with Crippen molar-refractivity contribution in [3.05, 3.63) is 47.4 Å². The van der Waals surface area contributed by atoms with Gasteiger partial charge >= 0.3 is 0 Å². The van der Waals surface area contributed by atoms with Gasteiger partial charge in [-0.15, -0.1) is 0 Å². The second-order valence-corrected chi connectivity index (χ2v) is 4.98. The molecule has 0 heterocycles. The highest BCUT2D eigenvalue weighted by molar-refractivity contribution is 6.00. The molecular weight excluding hydrogens is 229 g/mol. The summed E-state index contributed by atoms with van der Waals surface area (Å²) in [7, 11) is 3.84. The second-order valence-electron chi connectivity index (χ2n) is 4.98. The van der Waals surface area contributed by atoms with Gasteiger partial charge in [-0.2, -0.15) is 0 Å². The molecule has 1 unspecified atom stereocenters. The van der Waals surface area contributed by atoms with Gasteiger partial charge in [0.15, 0.2) is 5.78 Å². The van der Waals surface area contributed by atoms with E-state index in [0.29, 0.717) is 0 Å². The van der Waals surface area contributed by atoms with E-state index in [9.17, 15) is 9.18 Å². The molecule has 1 aromatic carbocycles. The van der Waals surface area contributed by atoms with Crippen LogP contribution in [0.3, 0.4) is 0 Å². The van der Waals surface area contributed by atoms with Gasteiger partial charge < -0.3 is 4.90 Å². The van der Waals surface area contributed by atoms with Crippen molar-refractivity contribution >= 4 is 5.78 Å². The van der Waals surface area contributed by atoms with E-state index in [1.54, 1.807) is 12.1 Å². The second kappa shape index (κ2) is 5.34. The Morgan fingerprint density at radius 2 is 1.94 bits per heavy atom. The molecule has 1 atom stereocenters. The number of Topliss-reactive ketones (excluding diaryl/α,β-unsaturated/α-hetero) is 1. The number of halogens is 1. The fourth-order valence-corrected chi connectivity index (χ4v) is 2.43. The number of nitrogens with zero attached hydrogens (tertiary/aromatic N) is 1. The summed E-state index contributed by atoms with van der Waals surface area (Å²) >= 11 is 0. The van der Waals surface area contributed by atoms with Crippen LogP contribution in [-0.2, 0) is 4.79 Å². The van der Waals surface area contributed by atoms with Crippen LogP contribution in [0.5, 0.6) is 0 Å². The molecule has 18 heavy (non-hydrogen) atoms. The van der Waals surface area contributed by atoms with Crippen molar-refractivity contribution in [3.63, 3.8) is 0 Å². The molecule has 1 fully saturated rings. The number of rotatable bonds is 2. The molecule has 1 aromatic rings. The number of ketones is 1. The van der Waals surface area contributed by atoms with E-state index in [2.05, 4.69) is 0 Å². The van der Waals surface area contributed by atoms with Crippen LogP contribution in [0.1, 0.15) is 30.7 Å². The molecular formula is C15H18FNO. The normalized spacial score (nSPS) is 22.3. The molecule has 1 aliphatic carbocycles. The summed E-state index contributed by atoms with van der Waals surface area (Å²) in [5.74, 6) is -0.182. The third-order valence-corrected chi connectivity index (χ3v) is 3.26. The first-order valence-corrected chi connectivity index (χ1v) is 6.24. The maximum absolute atomic E-state index is 12.9. The Kier molecular flexibility index (Phi) is 3.80. The summed E-state index contributed by atoms with van der Waals surface area (Å²) in [4.78, 5) is 14.3. The van der Waals surface area contributed by atoms with Crippen molar-refractivity contribution in [3.8, 4) is 0 Å². The minimum Gasteiger partial charge on any atom is -0.383 e. The first-order valence-electron chi connectivity index (χ1n) is 6.24. The van der Waals surface area contributed by atoms with Gasteiger partial charge in [0, 0.05) is 31.8 Å². The summed E-state index contributed by atoms with van der Waals surface area (Å²) in [6.45, 7) is 0. The lowest BCUT2D eigenvalue weighted by Gasteiger charge is -2.24. The van der Waals surface area contributed by atoms with E-state index in [0.717, 1.165) is 30.4 Å². The molecule has 2 nitrogen and oxygen atoms in total. The van der Waals surface area contributed by atoms with E-state index in [1.807, 2.05) is 25.2 Å². The van der Waals surface area contributed by atoms with Crippen molar-refractivity contribution < 1.29 is 9.18 Å². The number of carbonyl (C=O) groups is 1. The lowest BCUT2D eigenvalue weighted by molar-refractivity contribution is -0.118. The molecule has 0 saturated heterocycles. The summed E-state index contributed by atoms with van der Waals surface area (Å²) in [6, 6.07) is 6.28. The van der Waals surface area contributed by atoms with Crippen molar-refractivity contribution in [2.75, 3.05) is 14.1 Å². The fraction of sp³-hybridized carbons (Fsp3) is 0.400. The van der Waals surface area contributed by atoms with Crippen molar-refractivity contribution in [2.24, 2.45) is 0 Å². The van der Waals surface area contributed by atoms with E-state index >= 15 is 0 Å². The van der Waals surface area contributed by atoms with Crippen LogP contribution in [0.2, 0.25) is 0 Å². The minimum atomic E-state index is -0.258. The van der Waals surface area contributed by atoms with Gasteiger partial charge in [0.1, 0.15) is 5.82 Å². The third-order valence-electron chi connectivity index (χ3n) is 3.26. The Bertz CT molecular complexity index is 462. The first kappa shape index (κ1) is 12.8. The number of carbonyl (C=O) groups excluding carboxylic acids is 1. The SMILES string of the molecule is CN(C)/C=C1\CCCC(c2ccc(F)cc2)C1=O. The highest BCUT2D eigenvalue weighted by Gasteiger charge is 2.27. The first-order chi connectivity index (χ1) is 8.58. The van der Waals surface area contributed by atoms with Gasteiger partial charge in [-0.05, 0) is 37.0 Å². The van der Waals surface area contributed by atoms with Gasteiger partial charge in [0.25, 0.3) is 0 Å². The average molecular weight is 247 g/mol. The standard InChI is InChI=1S/C15H18FNO/c1-17(2)10-12-4-3-5-14(15(12)18)11-6-8-13(16)9-7-11/h6-10,14H,3-5H2,1-2H3/b12-10+. The predicted molar refractivity (Wildman–Crippen MR) is 69.8 cm³/mol. The lowest BCUT2D eigenvalue weighted by atomic mass is 9.80. The summed E-state index contributed by atoms with van der Waals surface area (Å²) in [6.07, 6.45) is 4.61. The molecule has 1 aliphatic rings. The smallest absolute Gasteiger partial charge is 0.167 e. The molecule has 0 aromatic heterocycles. The highest BCUT2D eigenvalue weighted by Crippen LogP contribution is 2.33. The van der Waals surface area contributed by atoms with Gasteiger partial charge in [0.05, 0.1) is 0 Å². The summed E-state index contributed by atoms with van der Waals surface area (Å²) < 4.78 is 12.9. The van der Waals surface area contributed by atoms with Crippen molar-refractivity contribution in [1.82, 2.24) is 4.90 Å². The Hall–Kier alpha value is -1.64. The zero-order valence-electron chi connectivity index (χ0n) is 10.8.